The normalized spacial score (nSPS) is 22.3. The summed E-state index contributed by atoms with van der Waals surface area (Å²) in [7, 11) is 0. The SMILES string of the molecule is CCCCCCCCCCCCC1CCC(C(=O)O)CC1. The van der Waals surface area contributed by atoms with Crippen molar-refractivity contribution in [3.63, 3.8) is 0 Å². The van der Waals surface area contributed by atoms with Crippen LogP contribution in [0.15, 0.2) is 0 Å². The molecule has 0 aliphatic heterocycles. The molecule has 0 amide bonds. The van der Waals surface area contributed by atoms with Crippen LogP contribution in [0.1, 0.15) is 103 Å². The number of hydrogen-bond acceptors (Lipinski definition) is 1. The van der Waals surface area contributed by atoms with Gasteiger partial charge in [0.25, 0.3) is 0 Å². The van der Waals surface area contributed by atoms with Crippen LogP contribution in [-0.2, 0) is 4.79 Å². The van der Waals surface area contributed by atoms with Crippen LogP contribution in [0.25, 0.3) is 0 Å². The van der Waals surface area contributed by atoms with E-state index >= 15 is 0 Å². The molecule has 0 saturated heterocycles. The fraction of sp³-hybridized carbons (Fsp3) is 0.947. The standard InChI is InChI=1S/C19H36O2/c1-2-3-4-5-6-7-8-9-10-11-12-17-13-15-18(16-14-17)19(20)21/h17-18H,2-16H2,1H3,(H,20,21). The Hall–Kier alpha value is -0.530. The Morgan fingerprint density at radius 2 is 1.29 bits per heavy atom. The van der Waals surface area contributed by atoms with Crippen molar-refractivity contribution in [1.82, 2.24) is 0 Å². The smallest absolute Gasteiger partial charge is 0.306 e. The first-order valence-electron chi connectivity index (χ1n) is 9.46. The molecule has 0 aromatic heterocycles. The van der Waals surface area contributed by atoms with E-state index in [-0.39, 0.29) is 5.92 Å². The first-order valence-corrected chi connectivity index (χ1v) is 9.46. The topological polar surface area (TPSA) is 37.3 Å². The average Bonchev–Trinajstić information content (AvgIpc) is 2.49. The Morgan fingerprint density at radius 3 is 1.76 bits per heavy atom. The van der Waals surface area contributed by atoms with Gasteiger partial charge >= 0.3 is 5.97 Å². The van der Waals surface area contributed by atoms with E-state index in [9.17, 15) is 4.79 Å². The van der Waals surface area contributed by atoms with Crippen molar-refractivity contribution in [2.75, 3.05) is 0 Å². The predicted octanol–water partition coefficient (Wildman–Crippen LogP) is 6.19. The van der Waals surface area contributed by atoms with E-state index in [0.717, 1.165) is 31.6 Å². The van der Waals surface area contributed by atoms with Crippen LogP contribution in [0.3, 0.4) is 0 Å². The van der Waals surface area contributed by atoms with E-state index in [2.05, 4.69) is 6.92 Å². The van der Waals surface area contributed by atoms with Crippen molar-refractivity contribution in [1.29, 1.82) is 0 Å². The van der Waals surface area contributed by atoms with Gasteiger partial charge in [-0.2, -0.15) is 0 Å². The van der Waals surface area contributed by atoms with Gasteiger partial charge in [0.05, 0.1) is 5.92 Å². The Balaban J connectivity index is 1.84. The zero-order chi connectivity index (χ0) is 15.3. The predicted molar refractivity (Wildman–Crippen MR) is 89.5 cm³/mol. The summed E-state index contributed by atoms with van der Waals surface area (Å²) in [6, 6.07) is 0. The van der Waals surface area contributed by atoms with Crippen molar-refractivity contribution in [3.8, 4) is 0 Å². The maximum atomic E-state index is 10.9. The minimum absolute atomic E-state index is 0.0473. The van der Waals surface area contributed by atoms with Crippen LogP contribution < -0.4 is 0 Å². The van der Waals surface area contributed by atoms with Gasteiger partial charge in [-0.25, -0.2) is 0 Å². The van der Waals surface area contributed by atoms with E-state index in [4.69, 9.17) is 5.11 Å². The molecule has 21 heavy (non-hydrogen) atoms. The van der Waals surface area contributed by atoms with Gasteiger partial charge < -0.3 is 5.11 Å². The molecule has 1 fully saturated rings. The van der Waals surface area contributed by atoms with Crippen LogP contribution in [0.4, 0.5) is 0 Å². The van der Waals surface area contributed by atoms with Crippen molar-refractivity contribution in [3.05, 3.63) is 0 Å². The van der Waals surface area contributed by atoms with Gasteiger partial charge in [-0.15, -0.1) is 0 Å². The van der Waals surface area contributed by atoms with E-state index < -0.39 is 5.97 Å². The Kier molecular flexibility index (Phi) is 10.6. The quantitative estimate of drug-likeness (QED) is 0.436. The molecule has 0 atom stereocenters. The summed E-state index contributed by atoms with van der Waals surface area (Å²) >= 11 is 0. The second-order valence-electron chi connectivity index (χ2n) is 7.03. The fourth-order valence-electron chi connectivity index (χ4n) is 3.62. The molecule has 1 aliphatic carbocycles. The molecule has 1 rings (SSSR count). The molecule has 2 heteroatoms. The van der Waals surface area contributed by atoms with Crippen molar-refractivity contribution >= 4 is 5.97 Å². The van der Waals surface area contributed by atoms with Crippen molar-refractivity contribution < 1.29 is 9.90 Å². The molecule has 1 saturated carbocycles. The second kappa shape index (κ2) is 12.1. The van der Waals surface area contributed by atoms with Crippen molar-refractivity contribution in [2.45, 2.75) is 103 Å². The number of carboxylic acids is 1. The maximum Gasteiger partial charge on any atom is 0.306 e. The molecular weight excluding hydrogens is 260 g/mol. The summed E-state index contributed by atoms with van der Waals surface area (Å²) in [6.45, 7) is 2.27. The van der Waals surface area contributed by atoms with Crippen LogP contribution in [0, 0.1) is 11.8 Å². The lowest BCUT2D eigenvalue weighted by Crippen LogP contribution is -2.21. The Morgan fingerprint density at radius 1 is 0.810 bits per heavy atom. The van der Waals surface area contributed by atoms with E-state index in [1.807, 2.05) is 0 Å². The molecule has 0 spiro atoms. The molecular formula is C19H36O2. The Labute approximate surface area is 131 Å². The molecule has 124 valence electrons. The molecule has 0 unspecified atom stereocenters. The number of carbonyl (C=O) groups is 1. The lowest BCUT2D eigenvalue weighted by atomic mass is 9.80. The zero-order valence-electron chi connectivity index (χ0n) is 14.1. The van der Waals surface area contributed by atoms with Gasteiger partial charge in [0.15, 0.2) is 0 Å². The molecule has 0 aromatic rings. The number of rotatable bonds is 12. The summed E-state index contributed by atoms with van der Waals surface area (Å²) in [6.07, 6.45) is 19.5. The van der Waals surface area contributed by atoms with Crippen LogP contribution in [-0.4, -0.2) is 11.1 Å². The minimum atomic E-state index is -0.576. The highest BCUT2D eigenvalue weighted by Gasteiger charge is 2.25. The summed E-state index contributed by atoms with van der Waals surface area (Å²) in [5, 5.41) is 8.99. The van der Waals surface area contributed by atoms with Gasteiger partial charge in [-0.1, -0.05) is 77.6 Å². The molecule has 0 radical (unpaired) electrons. The van der Waals surface area contributed by atoms with E-state index in [1.165, 1.54) is 70.6 Å². The molecule has 1 aliphatic rings. The summed E-state index contributed by atoms with van der Waals surface area (Å²) in [5.41, 5.74) is 0. The zero-order valence-corrected chi connectivity index (χ0v) is 14.1. The monoisotopic (exact) mass is 296 g/mol. The lowest BCUT2D eigenvalue weighted by Gasteiger charge is -2.25. The number of hydrogen-bond donors (Lipinski definition) is 1. The van der Waals surface area contributed by atoms with Gasteiger partial charge in [-0.05, 0) is 31.6 Å². The minimum Gasteiger partial charge on any atom is -0.481 e. The van der Waals surface area contributed by atoms with Crippen molar-refractivity contribution in [2.24, 2.45) is 11.8 Å². The molecule has 0 heterocycles. The largest absolute Gasteiger partial charge is 0.481 e. The van der Waals surface area contributed by atoms with Crippen LogP contribution in [0.2, 0.25) is 0 Å². The lowest BCUT2D eigenvalue weighted by molar-refractivity contribution is -0.143. The maximum absolute atomic E-state index is 10.9. The highest BCUT2D eigenvalue weighted by atomic mass is 16.4. The molecule has 1 N–H and O–H groups in total. The van der Waals surface area contributed by atoms with Crippen LogP contribution in [0.5, 0.6) is 0 Å². The van der Waals surface area contributed by atoms with Gasteiger partial charge in [0, 0.05) is 0 Å². The third kappa shape index (κ3) is 9.16. The third-order valence-electron chi connectivity index (χ3n) is 5.16. The molecule has 0 aromatic carbocycles. The van der Waals surface area contributed by atoms with Crippen LogP contribution >= 0.6 is 0 Å². The first kappa shape index (κ1) is 18.5. The Bertz CT molecular complexity index is 254. The highest BCUT2D eigenvalue weighted by molar-refractivity contribution is 5.69. The third-order valence-corrected chi connectivity index (χ3v) is 5.16. The first-order chi connectivity index (χ1) is 10.2. The second-order valence-corrected chi connectivity index (χ2v) is 7.03. The fourth-order valence-corrected chi connectivity index (χ4v) is 3.62. The average molecular weight is 296 g/mol. The molecule has 0 bridgehead atoms. The summed E-state index contributed by atoms with van der Waals surface area (Å²) in [4.78, 5) is 10.9. The van der Waals surface area contributed by atoms with Gasteiger partial charge in [0.2, 0.25) is 0 Å². The number of aliphatic carboxylic acids is 1. The number of carboxylic acid groups (broad SMARTS) is 1. The van der Waals surface area contributed by atoms with Gasteiger partial charge in [0.1, 0.15) is 0 Å². The van der Waals surface area contributed by atoms with E-state index in [0.29, 0.717) is 0 Å². The number of unbranched alkanes of at least 4 members (excludes halogenated alkanes) is 9. The highest BCUT2D eigenvalue weighted by Crippen LogP contribution is 2.32. The molecule has 2 nitrogen and oxygen atoms in total. The summed E-state index contributed by atoms with van der Waals surface area (Å²) in [5.74, 6) is 0.191. The van der Waals surface area contributed by atoms with Gasteiger partial charge in [-0.3, -0.25) is 4.79 Å². The summed E-state index contributed by atoms with van der Waals surface area (Å²) < 4.78 is 0. The van der Waals surface area contributed by atoms with E-state index in [1.54, 1.807) is 0 Å².